The number of aliphatic hydroxyl groups is 1. The van der Waals surface area contributed by atoms with Crippen LogP contribution in [0, 0.1) is 17.3 Å². The molecule has 0 bridgehead atoms. The van der Waals surface area contributed by atoms with Gasteiger partial charge in [0.25, 0.3) is 0 Å². The lowest BCUT2D eigenvalue weighted by Crippen LogP contribution is -2.39. The average molecular weight is 354 g/mol. The molecule has 3 rings (SSSR count). The fraction of sp³-hybridized carbons (Fsp3) is 0.895. The third-order valence-electron chi connectivity index (χ3n) is 6.31. The van der Waals surface area contributed by atoms with Crippen molar-refractivity contribution in [2.24, 2.45) is 17.3 Å². The third-order valence-corrected chi connectivity index (χ3v) is 6.31. The first-order valence-corrected chi connectivity index (χ1v) is 9.40. The molecule has 2 aliphatic carbocycles. The van der Waals surface area contributed by atoms with E-state index < -0.39 is 6.10 Å². The molecular formula is C19H30O6. The lowest BCUT2D eigenvalue weighted by Gasteiger charge is -2.38. The molecule has 0 spiro atoms. The molecule has 3 aliphatic rings. The number of rotatable bonds is 5. The molecule has 142 valence electrons. The Labute approximate surface area is 149 Å². The van der Waals surface area contributed by atoms with E-state index in [0.29, 0.717) is 6.42 Å². The fourth-order valence-electron chi connectivity index (χ4n) is 4.01. The van der Waals surface area contributed by atoms with Gasteiger partial charge in [-0.25, -0.2) is 0 Å². The zero-order chi connectivity index (χ0) is 18.2. The summed E-state index contributed by atoms with van der Waals surface area (Å²) in [5.41, 5.74) is -0.154. The van der Waals surface area contributed by atoms with Gasteiger partial charge in [0, 0.05) is 0 Å². The lowest BCUT2D eigenvalue weighted by molar-refractivity contribution is -0.160. The predicted molar refractivity (Wildman–Crippen MR) is 89.7 cm³/mol. The van der Waals surface area contributed by atoms with Crippen molar-refractivity contribution in [3.8, 4) is 0 Å². The molecule has 25 heavy (non-hydrogen) atoms. The maximum atomic E-state index is 12.1. The number of aliphatic hydroxyl groups excluding tert-OH is 1. The van der Waals surface area contributed by atoms with Crippen molar-refractivity contribution < 1.29 is 28.9 Å². The topological polar surface area (TPSA) is 85.4 Å². The summed E-state index contributed by atoms with van der Waals surface area (Å²) in [5.74, 6) is -0.886. The minimum atomic E-state index is -0.488. The second kappa shape index (κ2) is 6.88. The van der Waals surface area contributed by atoms with Gasteiger partial charge < -0.3 is 19.3 Å². The summed E-state index contributed by atoms with van der Waals surface area (Å²) in [5, 5.41) is 10.1. The number of epoxide rings is 1. The van der Waals surface area contributed by atoms with Gasteiger partial charge >= 0.3 is 11.9 Å². The van der Waals surface area contributed by atoms with E-state index in [2.05, 4.69) is 6.92 Å². The molecule has 0 aromatic carbocycles. The maximum absolute atomic E-state index is 12.1. The molecule has 0 aromatic heterocycles. The van der Waals surface area contributed by atoms with Gasteiger partial charge in [0.1, 0.15) is 13.2 Å². The average Bonchev–Trinajstić information content (AvgIpc) is 3.24. The molecule has 3 fully saturated rings. The Bertz CT molecular complexity index is 530. The summed E-state index contributed by atoms with van der Waals surface area (Å²) in [6.45, 7) is 6.27. The molecule has 1 saturated heterocycles. The maximum Gasteiger partial charge on any atom is 0.309 e. The van der Waals surface area contributed by atoms with E-state index in [9.17, 15) is 14.7 Å². The molecule has 1 heterocycles. The van der Waals surface area contributed by atoms with Crippen LogP contribution in [0.5, 0.6) is 0 Å². The van der Waals surface area contributed by atoms with Crippen LogP contribution in [-0.2, 0) is 23.8 Å². The standard InChI is InChI=1S/C19H30O6/c1-18(2)6-4-12(10-14(18)20)16(21)23-8-9-24-17(22)13-5-7-19(3)15(11-13)25-19/h12-15,20H,4-11H2,1-3H3. The highest BCUT2D eigenvalue weighted by Gasteiger charge is 2.56. The van der Waals surface area contributed by atoms with Gasteiger partial charge in [-0.2, -0.15) is 0 Å². The van der Waals surface area contributed by atoms with Crippen molar-refractivity contribution in [2.45, 2.75) is 77.1 Å². The summed E-state index contributed by atoms with van der Waals surface area (Å²) in [7, 11) is 0. The molecule has 6 nitrogen and oxygen atoms in total. The number of hydrogen-bond donors (Lipinski definition) is 1. The van der Waals surface area contributed by atoms with Crippen LogP contribution in [0.3, 0.4) is 0 Å². The van der Waals surface area contributed by atoms with E-state index in [-0.39, 0.29) is 54.1 Å². The van der Waals surface area contributed by atoms with E-state index in [1.54, 1.807) is 0 Å². The highest BCUT2D eigenvalue weighted by Crippen LogP contribution is 2.49. The SMILES string of the molecule is CC1(C)CCC(C(=O)OCCOC(=O)C2CCC3(C)OC3C2)CC1O. The van der Waals surface area contributed by atoms with E-state index in [4.69, 9.17) is 14.2 Å². The summed E-state index contributed by atoms with van der Waals surface area (Å²) in [6.07, 6.45) is 4.08. The van der Waals surface area contributed by atoms with Crippen LogP contribution in [0.1, 0.15) is 59.3 Å². The molecule has 0 amide bonds. The Hall–Kier alpha value is -1.14. The van der Waals surface area contributed by atoms with E-state index >= 15 is 0 Å². The molecule has 5 unspecified atom stereocenters. The largest absolute Gasteiger partial charge is 0.462 e. The monoisotopic (exact) mass is 354 g/mol. The highest BCUT2D eigenvalue weighted by atomic mass is 16.6. The molecule has 1 aliphatic heterocycles. The van der Waals surface area contributed by atoms with Gasteiger partial charge in [-0.05, 0) is 50.9 Å². The van der Waals surface area contributed by atoms with Crippen LogP contribution in [0.4, 0.5) is 0 Å². The second-order valence-electron chi connectivity index (χ2n) is 8.70. The van der Waals surface area contributed by atoms with Crippen molar-refractivity contribution in [3.63, 3.8) is 0 Å². The van der Waals surface area contributed by atoms with E-state index in [1.807, 2.05) is 13.8 Å². The van der Waals surface area contributed by atoms with Gasteiger partial charge in [-0.15, -0.1) is 0 Å². The normalized spacial score (nSPS) is 39.2. The van der Waals surface area contributed by atoms with Gasteiger partial charge in [-0.1, -0.05) is 13.8 Å². The first-order chi connectivity index (χ1) is 11.7. The van der Waals surface area contributed by atoms with E-state index in [0.717, 1.165) is 32.1 Å². The Morgan fingerprint density at radius 1 is 1.00 bits per heavy atom. The number of carbonyl (C=O) groups excluding carboxylic acids is 2. The predicted octanol–water partition coefficient (Wildman–Crippen LogP) is 2.22. The van der Waals surface area contributed by atoms with Crippen molar-refractivity contribution in [1.29, 1.82) is 0 Å². The molecule has 0 aromatic rings. The molecular weight excluding hydrogens is 324 g/mol. The molecule has 5 atom stereocenters. The second-order valence-corrected chi connectivity index (χ2v) is 8.70. The smallest absolute Gasteiger partial charge is 0.309 e. The van der Waals surface area contributed by atoms with E-state index in [1.165, 1.54) is 0 Å². The molecule has 6 heteroatoms. The molecule has 1 N–H and O–H groups in total. The zero-order valence-corrected chi connectivity index (χ0v) is 15.5. The van der Waals surface area contributed by atoms with Crippen molar-refractivity contribution in [3.05, 3.63) is 0 Å². The number of hydrogen-bond acceptors (Lipinski definition) is 6. The Morgan fingerprint density at radius 3 is 2.12 bits per heavy atom. The molecule has 2 saturated carbocycles. The van der Waals surface area contributed by atoms with Gasteiger partial charge in [0.15, 0.2) is 0 Å². The summed E-state index contributed by atoms with van der Waals surface area (Å²) in [6, 6.07) is 0. The summed E-state index contributed by atoms with van der Waals surface area (Å²) < 4.78 is 16.1. The van der Waals surface area contributed by atoms with Crippen molar-refractivity contribution in [1.82, 2.24) is 0 Å². The first kappa shape index (κ1) is 18.6. The van der Waals surface area contributed by atoms with Crippen LogP contribution in [0.15, 0.2) is 0 Å². The number of carbonyl (C=O) groups is 2. The summed E-state index contributed by atoms with van der Waals surface area (Å²) >= 11 is 0. The number of ether oxygens (including phenoxy) is 3. The van der Waals surface area contributed by atoms with Gasteiger partial charge in [0.2, 0.25) is 0 Å². The van der Waals surface area contributed by atoms with Crippen LogP contribution in [0.2, 0.25) is 0 Å². The van der Waals surface area contributed by atoms with Gasteiger partial charge in [0.05, 0.1) is 29.6 Å². The number of fused-ring (bicyclic) bond motifs is 1. The Balaban J connectivity index is 1.32. The Kier molecular flexibility index (Phi) is 5.13. The lowest BCUT2D eigenvalue weighted by atomic mass is 9.71. The summed E-state index contributed by atoms with van der Waals surface area (Å²) in [4.78, 5) is 24.2. The van der Waals surface area contributed by atoms with Crippen LogP contribution in [0.25, 0.3) is 0 Å². The van der Waals surface area contributed by atoms with Crippen LogP contribution in [-0.4, -0.2) is 48.1 Å². The van der Waals surface area contributed by atoms with Crippen molar-refractivity contribution >= 4 is 11.9 Å². The first-order valence-electron chi connectivity index (χ1n) is 9.40. The third kappa shape index (κ3) is 4.17. The quantitative estimate of drug-likeness (QED) is 0.463. The number of esters is 2. The van der Waals surface area contributed by atoms with Crippen LogP contribution < -0.4 is 0 Å². The fourth-order valence-corrected chi connectivity index (χ4v) is 4.01. The zero-order valence-electron chi connectivity index (χ0n) is 15.5. The van der Waals surface area contributed by atoms with Crippen LogP contribution >= 0.6 is 0 Å². The van der Waals surface area contributed by atoms with Gasteiger partial charge in [-0.3, -0.25) is 9.59 Å². The minimum absolute atomic E-state index is 0.00849. The minimum Gasteiger partial charge on any atom is -0.462 e. The Morgan fingerprint density at radius 2 is 1.56 bits per heavy atom. The molecule has 0 radical (unpaired) electrons. The highest BCUT2D eigenvalue weighted by molar-refractivity contribution is 5.73. The van der Waals surface area contributed by atoms with Crippen molar-refractivity contribution in [2.75, 3.05) is 13.2 Å².